The fraction of sp³-hybridized carbons (Fsp3) is 0.417. The molecular weight excluding hydrogens is 501 g/mol. The lowest BCUT2D eigenvalue weighted by Gasteiger charge is -2.17. The van der Waals surface area contributed by atoms with Crippen LogP contribution >= 0.6 is 24.0 Å². The molecule has 0 unspecified atom stereocenters. The lowest BCUT2D eigenvalue weighted by atomic mass is 10.1. The van der Waals surface area contributed by atoms with Crippen LogP contribution in [0.4, 0.5) is 5.69 Å². The molecule has 31 heavy (non-hydrogen) atoms. The number of carbonyl (C=O) groups is 1. The summed E-state index contributed by atoms with van der Waals surface area (Å²) < 4.78 is 0. The second-order valence-electron chi connectivity index (χ2n) is 7.75. The predicted molar refractivity (Wildman–Crippen MR) is 139 cm³/mol. The van der Waals surface area contributed by atoms with Crippen molar-refractivity contribution >= 4 is 41.5 Å². The monoisotopic (exact) mass is 535 g/mol. The number of anilines is 1. The van der Waals surface area contributed by atoms with E-state index in [9.17, 15) is 4.79 Å². The van der Waals surface area contributed by atoms with Crippen molar-refractivity contribution < 1.29 is 4.79 Å². The van der Waals surface area contributed by atoms with Crippen molar-refractivity contribution in [2.75, 3.05) is 32.1 Å². The van der Waals surface area contributed by atoms with Gasteiger partial charge >= 0.3 is 0 Å². The van der Waals surface area contributed by atoms with E-state index in [-0.39, 0.29) is 29.9 Å². The van der Waals surface area contributed by atoms with E-state index in [0.29, 0.717) is 13.0 Å². The topological polar surface area (TPSA) is 60.0 Å². The number of amides is 1. The molecule has 0 aliphatic carbocycles. The zero-order chi connectivity index (χ0) is 21.3. The quantitative estimate of drug-likeness (QED) is 0.307. The van der Waals surface area contributed by atoms with Crippen LogP contribution < -0.4 is 15.5 Å². The number of carbonyl (C=O) groups excluding carboxylic acids is 1. The standard InChI is InChI=1S/C24H33N5O.HI/c1-4-28(3)18-21-8-5-7-20(15-21)17-27-24(25-2)26-16-19-10-12-22(13-11-19)29-14-6-9-23(29)30;/h5,7-8,10-13,15H,4,6,9,14,16-18H2,1-3H3,(H2,25,26,27);1H. The van der Waals surface area contributed by atoms with Crippen molar-refractivity contribution in [3.63, 3.8) is 0 Å². The van der Waals surface area contributed by atoms with Gasteiger partial charge in [-0.25, -0.2) is 0 Å². The van der Waals surface area contributed by atoms with E-state index in [2.05, 4.69) is 70.9 Å². The maximum absolute atomic E-state index is 11.9. The highest BCUT2D eigenvalue weighted by molar-refractivity contribution is 14.0. The summed E-state index contributed by atoms with van der Waals surface area (Å²) in [6.07, 6.45) is 1.60. The Morgan fingerprint density at radius 2 is 1.74 bits per heavy atom. The summed E-state index contributed by atoms with van der Waals surface area (Å²) in [6, 6.07) is 16.8. The molecule has 1 heterocycles. The number of hydrogen-bond donors (Lipinski definition) is 2. The first-order chi connectivity index (χ1) is 14.6. The lowest BCUT2D eigenvalue weighted by molar-refractivity contribution is -0.117. The van der Waals surface area contributed by atoms with Gasteiger partial charge in [-0.3, -0.25) is 9.79 Å². The molecule has 7 heteroatoms. The van der Waals surface area contributed by atoms with Crippen LogP contribution in [-0.4, -0.2) is 44.0 Å². The van der Waals surface area contributed by atoms with Crippen LogP contribution in [0.15, 0.2) is 53.5 Å². The number of rotatable bonds is 8. The van der Waals surface area contributed by atoms with Gasteiger partial charge in [-0.05, 0) is 48.8 Å². The molecule has 168 valence electrons. The van der Waals surface area contributed by atoms with E-state index >= 15 is 0 Å². The van der Waals surface area contributed by atoms with Gasteiger partial charge in [0.2, 0.25) is 5.91 Å². The molecule has 1 aliphatic heterocycles. The van der Waals surface area contributed by atoms with Gasteiger partial charge in [0.15, 0.2) is 5.96 Å². The van der Waals surface area contributed by atoms with Crippen molar-refractivity contribution in [1.29, 1.82) is 0 Å². The third-order valence-electron chi connectivity index (χ3n) is 5.45. The van der Waals surface area contributed by atoms with Crippen molar-refractivity contribution in [2.45, 2.75) is 39.4 Å². The zero-order valence-electron chi connectivity index (χ0n) is 18.7. The molecule has 0 radical (unpaired) electrons. The van der Waals surface area contributed by atoms with Gasteiger partial charge in [-0.1, -0.05) is 43.3 Å². The van der Waals surface area contributed by atoms with Gasteiger partial charge in [-0.15, -0.1) is 24.0 Å². The molecule has 6 nitrogen and oxygen atoms in total. The number of nitrogens with zero attached hydrogens (tertiary/aromatic N) is 3. The largest absolute Gasteiger partial charge is 0.352 e. The molecule has 2 aromatic rings. The second kappa shape index (κ2) is 12.7. The van der Waals surface area contributed by atoms with E-state index in [0.717, 1.165) is 49.8 Å². The Labute approximate surface area is 203 Å². The van der Waals surface area contributed by atoms with Gasteiger partial charge in [0.1, 0.15) is 0 Å². The molecular formula is C24H34IN5O. The molecule has 0 saturated carbocycles. The molecule has 0 spiro atoms. The lowest BCUT2D eigenvalue weighted by Crippen LogP contribution is -2.36. The van der Waals surface area contributed by atoms with Crippen LogP contribution in [0.2, 0.25) is 0 Å². The number of aliphatic imine (C=N–C) groups is 1. The smallest absolute Gasteiger partial charge is 0.227 e. The highest BCUT2D eigenvalue weighted by Gasteiger charge is 2.21. The van der Waals surface area contributed by atoms with E-state index in [4.69, 9.17) is 0 Å². The highest BCUT2D eigenvalue weighted by Crippen LogP contribution is 2.21. The van der Waals surface area contributed by atoms with Crippen LogP contribution in [0.5, 0.6) is 0 Å². The summed E-state index contributed by atoms with van der Waals surface area (Å²) in [4.78, 5) is 20.4. The Hall–Kier alpha value is -2.13. The molecule has 1 saturated heterocycles. The number of nitrogens with one attached hydrogen (secondary N) is 2. The molecule has 3 rings (SSSR count). The Bertz CT molecular complexity index is 869. The van der Waals surface area contributed by atoms with Crippen LogP contribution in [0, 0.1) is 0 Å². The van der Waals surface area contributed by atoms with Gasteiger partial charge in [0.25, 0.3) is 0 Å². The summed E-state index contributed by atoms with van der Waals surface area (Å²) in [6.45, 7) is 6.38. The van der Waals surface area contributed by atoms with Gasteiger partial charge in [0.05, 0.1) is 0 Å². The summed E-state index contributed by atoms with van der Waals surface area (Å²) >= 11 is 0. The SMILES string of the molecule is CCN(C)Cc1cccc(CNC(=NC)NCc2ccc(N3CCCC3=O)cc2)c1.I. The first-order valence-corrected chi connectivity index (χ1v) is 10.7. The fourth-order valence-electron chi connectivity index (χ4n) is 3.57. The number of benzene rings is 2. The summed E-state index contributed by atoms with van der Waals surface area (Å²) in [5, 5.41) is 6.74. The van der Waals surface area contributed by atoms with E-state index in [1.54, 1.807) is 7.05 Å². The summed E-state index contributed by atoms with van der Waals surface area (Å²) in [5.41, 5.74) is 4.69. The van der Waals surface area contributed by atoms with Gasteiger partial charge < -0.3 is 20.4 Å². The van der Waals surface area contributed by atoms with E-state index in [1.807, 2.05) is 17.0 Å². The van der Waals surface area contributed by atoms with Crippen molar-refractivity contribution in [3.8, 4) is 0 Å². The van der Waals surface area contributed by atoms with Crippen LogP contribution in [0.3, 0.4) is 0 Å². The predicted octanol–water partition coefficient (Wildman–Crippen LogP) is 3.75. The second-order valence-corrected chi connectivity index (χ2v) is 7.75. The van der Waals surface area contributed by atoms with Crippen LogP contribution in [-0.2, 0) is 24.4 Å². The van der Waals surface area contributed by atoms with E-state index < -0.39 is 0 Å². The van der Waals surface area contributed by atoms with Crippen molar-refractivity contribution in [3.05, 3.63) is 65.2 Å². The van der Waals surface area contributed by atoms with E-state index in [1.165, 1.54) is 11.1 Å². The molecule has 0 aromatic heterocycles. The van der Waals surface area contributed by atoms with Crippen molar-refractivity contribution in [2.24, 2.45) is 4.99 Å². The Kier molecular flexibility index (Phi) is 10.3. The minimum absolute atomic E-state index is 0. The Morgan fingerprint density at radius 3 is 2.35 bits per heavy atom. The molecule has 2 N–H and O–H groups in total. The average Bonchev–Trinajstić information content (AvgIpc) is 3.20. The zero-order valence-corrected chi connectivity index (χ0v) is 21.1. The number of hydrogen-bond acceptors (Lipinski definition) is 3. The highest BCUT2D eigenvalue weighted by atomic mass is 127. The molecule has 1 amide bonds. The summed E-state index contributed by atoms with van der Waals surface area (Å²) in [7, 11) is 3.91. The molecule has 0 atom stereocenters. The molecule has 0 bridgehead atoms. The molecule has 1 fully saturated rings. The minimum Gasteiger partial charge on any atom is -0.352 e. The Morgan fingerprint density at radius 1 is 1.06 bits per heavy atom. The maximum atomic E-state index is 11.9. The third kappa shape index (κ3) is 7.50. The van der Waals surface area contributed by atoms with Crippen LogP contribution in [0.25, 0.3) is 0 Å². The number of halogens is 1. The van der Waals surface area contributed by atoms with Gasteiger partial charge in [-0.2, -0.15) is 0 Å². The molecule has 1 aliphatic rings. The summed E-state index contributed by atoms with van der Waals surface area (Å²) in [5.74, 6) is 0.987. The first kappa shape index (κ1) is 25.1. The molecule has 2 aromatic carbocycles. The number of guanidine groups is 1. The normalized spacial score (nSPS) is 14.0. The van der Waals surface area contributed by atoms with Crippen molar-refractivity contribution in [1.82, 2.24) is 15.5 Å². The third-order valence-corrected chi connectivity index (χ3v) is 5.45. The van der Waals surface area contributed by atoms with Crippen LogP contribution in [0.1, 0.15) is 36.5 Å². The fourth-order valence-corrected chi connectivity index (χ4v) is 3.57. The van der Waals surface area contributed by atoms with Gasteiger partial charge in [0, 0.05) is 45.3 Å². The minimum atomic E-state index is 0. The Balaban J connectivity index is 0.00000341. The maximum Gasteiger partial charge on any atom is 0.227 e. The first-order valence-electron chi connectivity index (χ1n) is 10.7. The average molecular weight is 535 g/mol.